The van der Waals surface area contributed by atoms with Gasteiger partial charge in [0.25, 0.3) is 0 Å². The minimum atomic E-state index is 0. The summed E-state index contributed by atoms with van der Waals surface area (Å²) in [5, 5.41) is 3.63. The van der Waals surface area contributed by atoms with Gasteiger partial charge >= 0.3 is 0 Å². The van der Waals surface area contributed by atoms with Crippen molar-refractivity contribution in [1.82, 2.24) is 10.2 Å². The van der Waals surface area contributed by atoms with Crippen LogP contribution in [0, 0.1) is 13.8 Å². The van der Waals surface area contributed by atoms with Crippen molar-refractivity contribution in [3.05, 3.63) is 29.3 Å². The van der Waals surface area contributed by atoms with Crippen LogP contribution in [-0.2, 0) is 4.79 Å². The molecular weight excluding hydrogens is 328 g/mol. The third-order valence-electron chi connectivity index (χ3n) is 4.94. The SMILES string of the molecule is Cc1ccc(SCCC(=O)N2CCC3CCC(C2)N3)cc1C.Cl. The van der Waals surface area contributed by atoms with Gasteiger partial charge in [0.05, 0.1) is 0 Å². The highest BCUT2D eigenvalue weighted by Crippen LogP contribution is 2.23. The molecule has 1 amide bonds. The van der Waals surface area contributed by atoms with Gasteiger partial charge in [0.1, 0.15) is 0 Å². The van der Waals surface area contributed by atoms with Gasteiger partial charge in [-0.25, -0.2) is 0 Å². The van der Waals surface area contributed by atoms with Crippen molar-refractivity contribution < 1.29 is 4.79 Å². The second-order valence-corrected chi connectivity index (χ2v) is 7.78. The van der Waals surface area contributed by atoms with E-state index in [9.17, 15) is 4.79 Å². The van der Waals surface area contributed by atoms with E-state index in [-0.39, 0.29) is 12.4 Å². The first-order valence-electron chi connectivity index (χ1n) is 8.35. The topological polar surface area (TPSA) is 32.3 Å². The molecular formula is C18H27ClN2OS. The van der Waals surface area contributed by atoms with Crippen molar-refractivity contribution >= 4 is 30.1 Å². The zero-order chi connectivity index (χ0) is 15.5. The number of carbonyl (C=O) groups excluding carboxylic acids is 1. The molecule has 0 aromatic heterocycles. The van der Waals surface area contributed by atoms with Crippen LogP contribution in [0.3, 0.4) is 0 Å². The minimum Gasteiger partial charge on any atom is -0.341 e. The summed E-state index contributed by atoms with van der Waals surface area (Å²) >= 11 is 1.79. The Morgan fingerprint density at radius 3 is 2.78 bits per heavy atom. The van der Waals surface area contributed by atoms with Crippen LogP contribution in [0.4, 0.5) is 0 Å². The zero-order valence-corrected chi connectivity index (χ0v) is 15.6. The van der Waals surface area contributed by atoms with Crippen LogP contribution >= 0.6 is 24.2 Å². The van der Waals surface area contributed by atoms with Gasteiger partial charge in [-0.15, -0.1) is 24.2 Å². The molecule has 2 saturated heterocycles. The van der Waals surface area contributed by atoms with Gasteiger partial charge < -0.3 is 10.2 Å². The molecule has 3 nitrogen and oxygen atoms in total. The van der Waals surface area contributed by atoms with E-state index in [1.807, 2.05) is 0 Å². The van der Waals surface area contributed by atoms with Crippen LogP contribution in [-0.4, -0.2) is 41.7 Å². The van der Waals surface area contributed by atoms with Crippen LogP contribution in [0.1, 0.15) is 36.8 Å². The number of aryl methyl sites for hydroxylation is 2. The molecule has 23 heavy (non-hydrogen) atoms. The van der Waals surface area contributed by atoms with Crippen molar-refractivity contribution in [2.75, 3.05) is 18.8 Å². The Kier molecular flexibility index (Phi) is 6.81. The molecule has 2 aliphatic rings. The number of thioether (sulfide) groups is 1. The number of halogens is 1. The molecule has 2 heterocycles. The summed E-state index contributed by atoms with van der Waals surface area (Å²) in [5.41, 5.74) is 2.65. The second-order valence-electron chi connectivity index (χ2n) is 6.61. The lowest BCUT2D eigenvalue weighted by molar-refractivity contribution is -0.130. The van der Waals surface area contributed by atoms with Gasteiger partial charge in [-0.3, -0.25) is 4.79 Å². The Morgan fingerprint density at radius 1 is 1.22 bits per heavy atom. The van der Waals surface area contributed by atoms with Gasteiger partial charge in [0, 0.05) is 42.2 Å². The molecule has 0 saturated carbocycles. The van der Waals surface area contributed by atoms with E-state index < -0.39 is 0 Å². The number of nitrogens with zero attached hydrogens (tertiary/aromatic N) is 1. The third kappa shape index (κ3) is 4.88. The normalized spacial score (nSPS) is 23.3. The molecule has 2 unspecified atom stereocenters. The molecule has 0 aliphatic carbocycles. The minimum absolute atomic E-state index is 0. The van der Waals surface area contributed by atoms with Crippen molar-refractivity contribution in [3.63, 3.8) is 0 Å². The van der Waals surface area contributed by atoms with Crippen molar-refractivity contribution in [2.45, 2.75) is 56.5 Å². The first kappa shape index (κ1) is 18.6. The maximum absolute atomic E-state index is 12.4. The fourth-order valence-electron chi connectivity index (χ4n) is 3.39. The van der Waals surface area contributed by atoms with Crippen LogP contribution in [0.2, 0.25) is 0 Å². The molecule has 0 spiro atoms. The number of fused-ring (bicyclic) bond motifs is 2. The fraction of sp³-hybridized carbons (Fsp3) is 0.611. The maximum atomic E-state index is 12.4. The van der Waals surface area contributed by atoms with Crippen LogP contribution < -0.4 is 5.32 Å². The number of nitrogens with one attached hydrogen (secondary N) is 1. The van der Waals surface area contributed by atoms with Crippen LogP contribution in [0.5, 0.6) is 0 Å². The molecule has 5 heteroatoms. The Labute approximate surface area is 150 Å². The highest BCUT2D eigenvalue weighted by atomic mass is 35.5. The quantitative estimate of drug-likeness (QED) is 0.839. The van der Waals surface area contributed by atoms with Crippen molar-refractivity contribution in [3.8, 4) is 0 Å². The van der Waals surface area contributed by atoms with E-state index in [2.05, 4.69) is 42.3 Å². The van der Waals surface area contributed by atoms with Crippen molar-refractivity contribution in [2.24, 2.45) is 0 Å². The smallest absolute Gasteiger partial charge is 0.223 e. The van der Waals surface area contributed by atoms with Crippen LogP contribution in [0.25, 0.3) is 0 Å². The second kappa shape index (κ2) is 8.41. The van der Waals surface area contributed by atoms with Crippen molar-refractivity contribution in [1.29, 1.82) is 0 Å². The predicted octanol–water partition coefficient (Wildman–Crippen LogP) is 3.56. The van der Waals surface area contributed by atoms with Gasteiger partial charge in [0.2, 0.25) is 5.91 Å². The lowest BCUT2D eigenvalue weighted by atomic mass is 10.1. The lowest BCUT2D eigenvalue weighted by Gasteiger charge is -2.24. The molecule has 2 aliphatic heterocycles. The summed E-state index contributed by atoms with van der Waals surface area (Å²) in [6.45, 7) is 6.11. The Bertz CT molecular complexity index is 552. The highest BCUT2D eigenvalue weighted by molar-refractivity contribution is 7.99. The third-order valence-corrected chi connectivity index (χ3v) is 5.93. The summed E-state index contributed by atoms with van der Waals surface area (Å²) < 4.78 is 0. The lowest BCUT2D eigenvalue weighted by Crippen LogP contribution is -2.39. The molecule has 1 aromatic rings. The van der Waals surface area contributed by atoms with Crippen LogP contribution in [0.15, 0.2) is 23.1 Å². The van der Waals surface area contributed by atoms with Gasteiger partial charge in [-0.2, -0.15) is 0 Å². The molecule has 2 atom stereocenters. The molecule has 1 N–H and O–H groups in total. The van der Waals surface area contributed by atoms with E-state index in [1.165, 1.54) is 28.9 Å². The van der Waals surface area contributed by atoms with E-state index in [0.29, 0.717) is 24.4 Å². The number of amides is 1. The number of hydrogen-bond acceptors (Lipinski definition) is 3. The molecule has 2 bridgehead atoms. The van der Waals surface area contributed by atoms with Gasteiger partial charge in [-0.1, -0.05) is 6.07 Å². The first-order chi connectivity index (χ1) is 10.6. The van der Waals surface area contributed by atoms with Gasteiger partial charge in [-0.05, 0) is 56.4 Å². The molecule has 3 rings (SSSR count). The maximum Gasteiger partial charge on any atom is 0.223 e. The zero-order valence-electron chi connectivity index (χ0n) is 14.0. The average Bonchev–Trinajstić information content (AvgIpc) is 2.82. The summed E-state index contributed by atoms with van der Waals surface area (Å²) in [6.07, 6.45) is 4.28. The molecule has 128 valence electrons. The van der Waals surface area contributed by atoms with E-state index >= 15 is 0 Å². The summed E-state index contributed by atoms with van der Waals surface area (Å²) in [6, 6.07) is 7.72. The summed E-state index contributed by atoms with van der Waals surface area (Å²) in [7, 11) is 0. The average molecular weight is 355 g/mol. The Morgan fingerprint density at radius 2 is 2.00 bits per heavy atom. The van der Waals surface area contributed by atoms with Gasteiger partial charge in [0.15, 0.2) is 0 Å². The number of rotatable bonds is 4. The highest BCUT2D eigenvalue weighted by Gasteiger charge is 2.30. The van der Waals surface area contributed by atoms with E-state index in [0.717, 1.165) is 25.3 Å². The number of hydrogen-bond donors (Lipinski definition) is 1. The molecule has 2 fully saturated rings. The first-order valence-corrected chi connectivity index (χ1v) is 9.34. The largest absolute Gasteiger partial charge is 0.341 e. The number of carbonyl (C=O) groups is 1. The summed E-state index contributed by atoms with van der Waals surface area (Å²) in [5.74, 6) is 1.20. The molecule has 0 radical (unpaired) electrons. The monoisotopic (exact) mass is 354 g/mol. The Balaban J connectivity index is 0.00000192. The fourth-order valence-corrected chi connectivity index (χ4v) is 4.32. The number of benzene rings is 1. The molecule has 1 aromatic carbocycles. The van der Waals surface area contributed by atoms with E-state index in [4.69, 9.17) is 0 Å². The Hall–Kier alpha value is -0.710. The van der Waals surface area contributed by atoms with E-state index in [1.54, 1.807) is 11.8 Å². The number of likely N-dealkylation sites (tertiary alicyclic amines) is 1. The standard InChI is InChI=1S/C18H26N2OS.ClH/c1-13-3-6-17(11-14(13)2)22-10-8-18(21)20-9-7-15-4-5-16(12-20)19-15;/h3,6,11,15-16,19H,4-5,7-10,12H2,1-2H3;1H. The predicted molar refractivity (Wildman–Crippen MR) is 99.6 cm³/mol. The summed E-state index contributed by atoms with van der Waals surface area (Å²) in [4.78, 5) is 15.8.